The molecule has 5 nitrogen and oxygen atoms in total. The van der Waals surface area contributed by atoms with Crippen molar-refractivity contribution in [3.8, 4) is 0 Å². The summed E-state index contributed by atoms with van der Waals surface area (Å²) < 4.78 is 0.855. The molecule has 1 aliphatic rings. The maximum atomic E-state index is 12.0. The van der Waals surface area contributed by atoms with Gasteiger partial charge in [0.15, 0.2) is 0 Å². The summed E-state index contributed by atoms with van der Waals surface area (Å²) >= 11 is 3.28. The summed E-state index contributed by atoms with van der Waals surface area (Å²) in [6.07, 6.45) is 1.91. The van der Waals surface area contributed by atoms with E-state index in [1.54, 1.807) is 23.2 Å². The van der Waals surface area contributed by atoms with Crippen molar-refractivity contribution in [2.24, 2.45) is 5.92 Å². The Morgan fingerprint density at radius 1 is 1.61 bits per heavy atom. The smallest absolute Gasteiger partial charge is 0.230 e. The number of hydrogen-bond donors (Lipinski definition) is 1. The van der Waals surface area contributed by atoms with Gasteiger partial charge in [-0.1, -0.05) is 0 Å². The van der Waals surface area contributed by atoms with E-state index in [1.165, 1.54) is 0 Å². The van der Waals surface area contributed by atoms with Gasteiger partial charge in [0.05, 0.1) is 5.92 Å². The normalized spacial score (nSPS) is 19.1. The highest BCUT2D eigenvalue weighted by molar-refractivity contribution is 9.10. The Morgan fingerprint density at radius 3 is 2.94 bits per heavy atom. The first kappa shape index (κ1) is 13.0. The second kappa shape index (κ2) is 5.48. The van der Waals surface area contributed by atoms with Crippen molar-refractivity contribution < 1.29 is 9.59 Å². The van der Waals surface area contributed by atoms with Crippen molar-refractivity contribution >= 4 is 33.6 Å². The van der Waals surface area contributed by atoms with E-state index in [4.69, 9.17) is 0 Å². The first-order chi connectivity index (χ1) is 8.60. The second-order valence-corrected chi connectivity index (χ2v) is 5.10. The number of rotatable bonds is 3. The number of nitrogens with one attached hydrogen (secondary N) is 1. The lowest BCUT2D eigenvalue weighted by molar-refractivity contribution is -0.128. The zero-order valence-electron chi connectivity index (χ0n) is 10.0. The number of carbonyl (C=O) groups is 2. The average Bonchev–Trinajstić information content (AvgIpc) is 2.73. The molecule has 96 valence electrons. The van der Waals surface area contributed by atoms with Crippen LogP contribution < -0.4 is 5.32 Å². The van der Waals surface area contributed by atoms with Gasteiger partial charge in [0.2, 0.25) is 11.8 Å². The van der Waals surface area contributed by atoms with Gasteiger partial charge in [0.1, 0.15) is 5.82 Å². The summed E-state index contributed by atoms with van der Waals surface area (Å²) in [6, 6.07) is 3.52. The van der Waals surface area contributed by atoms with Gasteiger partial charge in [-0.05, 0) is 35.0 Å². The Hall–Kier alpha value is -1.43. The zero-order valence-corrected chi connectivity index (χ0v) is 11.6. The summed E-state index contributed by atoms with van der Waals surface area (Å²) in [4.78, 5) is 29.3. The molecule has 0 spiro atoms. The number of likely N-dealkylation sites (tertiary alicyclic amines) is 1. The molecule has 0 saturated carbocycles. The lowest BCUT2D eigenvalue weighted by Gasteiger charge is -2.13. The summed E-state index contributed by atoms with van der Waals surface area (Å²) in [5, 5.41) is 2.73. The Labute approximate surface area is 114 Å². The standard InChI is InChI=1S/C12H14BrN3O2/c1-2-16-7-8(5-11(16)17)12(18)15-10-4-3-9(13)6-14-10/h3-4,6,8H,2,5,7H2,1H3,(H,14,15,18)/t8-/m1/s1. The molecule has 2 amide bonds. The topological polar surface area (TPSA) is 62.3 Å². The Bertz CT molecular complexity index is 461. The minimum Gasteiger partial charge on any atom is -0.342 e. The first-order valence-corrected chi connectivity index (χ1v) is 6.59. The molecule has 1 aromatic heterocycles. The summed E-state index contributed by atoms with van der Waals surface area (Å²) in [5.74, 6) is 0.129. The van der Waals surface area contributed by atoms with Gasteiger partial charge in [-0.25, -0.2) is 4.98 Å². The van der Waals surface area contributed by atoms with Crippen molar-refractivity contribution in [1.29, 1.82) is 0 Å². The van der Waals surface area contributed by atoms with Gasteiger partial charge in [-0.2, -0.15) is 0 Å². The van der Waals surface area contributed by atoms with Crippen LogP contribution in [0.1, 0.15) is 13.3 Å². The number of pyridine rings is 1. The molecule has 1 aromatic rings. The lowest BCUT2D eigenvalue weighted by Crippen LogP contribution is -2.28. The highest BCUT2D eigenvalue weighted by Crippen LogP contribution is 2.19. The molecule has 0 unspecified atom stereocenters. The Balaban J connectivity index is 1.97. The molecule has 1 saturated heterocycles. The molecule has 1 atom stereocenters. The predicted octanol–water partition coefficient (Wildman–Crippen LogP) is 1.65. The van der Waals surface area contributed by atoms with Gasteiger partial charge in [0, 0.05) is 30.2 Å². The summed E-state index contributed by atoms with van der Waals surface area (Å²) in [5.41, 5.74) is 0. The number of nitrogens with zero attached hydrogens (tertiary/aromatic N) is 2. The fraction of sp³-hybridized carbons (Fsp3) is 0.417. The molecule has 2 rings (SSSR count). The van der Waals surface area contributed by atoms with Crippen LogP contribution in [0.15, 0.2) is 22.8 Å². The highest BCUT2D eigenvalue weighted by Gasteiger charge is 2.33. The summed E-state index contributed by atoms with van der Waals surface area (Å²) in [6.45, 7) is 3.06. The minimum atomic E-state index is -0.275. The van der Waals surface area contributed by atoms with E-state index in [0.717, 1.165) is 4.47 Å². The number of hydrogen-bond acceptors (Lipinski definition) is 3. The van der Waals surface area contributed by atoms with E-state index in [-0.39, 0.29) is 24.2 Å². The molecule has 0 aromatic carbocycles. The van der Waals surface area contributed by atoms with Crippen molar-refractivity contribution in [3.05, 3.63) is 22.8 Å². The molecular formula is C12H14BrN3O2. The number of carbonyl (C=O) groups excluding carboxylic acids is 2. The largest absolute Gasteiger partial charge is 0.342 e. The zero-order chi connectivity index (χ0) is 13.1. The van der Waals surface area contributed by atoms with Crippen LogP contribution in [0.2, 0.25) is 0 Å². The third-order valence-electron chi connectivity index (χ3n) is 2.95. The molecule has 1 aliphatic heterocycles. The highest BCUT2D eigenvalue weighted by atomic mass is 79.9. The Kier molecular flexibility index (Phi) is 3.96. The molecule has 0 aliphatic carbocycles. The molecule has 0 radical (unpaired) electrons. The maximum Gasteiger partial charge on any atom is 0.230 e. The third kappa shape index (κ3) is 2.87. The van der Waals surface area contributed by atoms with E-state index in [2.05, 4.69) is 26.2 Å². The van der Waals surface area contributed by atoms with Crippen molar-refractivity contribution in [2.45, 2.75) is 13.3 Å². The number of halogens is 1. The van der Waals surface area contributed by atoms with E-state index >= 15 is 0 Å². The van der Waals surface area contributed by atoms with Crippen LogP contribution in [0.4, 0.5) is 5.82 Å². The van der Waals surface area contributed by atoms with Gasteiger partial charge < -0.3 is 10.2 Å². The number of anilines is 1. The second-order valence-electron chi connectivity index (χ2n) is 4.18. The van der Waals surface area contributed by atoms with Gasteiger partial charge in [-0.15, -0.1) is 0 Å². The first-order valence-electron chi connectivity index (χ1n) is 5.80. The summed E-state index contributed by atoms with van der Waals surface area (Å²) in [7, 11) is 0. The van der Waals surface area contributed by atoms with Gasteiger partial charge >= 0.3 is 0 Å². The van der Waals surface area contributed by atoms with Gasteiger partial charge in [-0.3, -0.25) is 9.59 Å². The fourth-order valence-electron chi connectivity index (χ4n) is 1.93. The molecule has 2 heterocycles. The van der Waals surface area contributed by atoms with Crippen molar-refractivity contribution in [3.63, 3.8) is 0 Å². The Morgan fingerprint density at radius 2 is 2.39 bits per heavy atom. The maximum absolute atomic E-state index is 12.0. The van der Waals surface area contributed by atoms with Crippen molar-refractivity contribution in [2.75, 3.05) is 18.4 Å². The minimum absolute atomic E-state index is 0.0430. The lowest BCUT2D eigenvalue weighted by atomic mass is 10.1. The molecular weight excluding hydrogens is 298 g/mol. The molecule has 18 heavy (non-hydrogen) atoms. The van der Waals surface area contributed by atoms with E-state index < -0.39 is 0 Å². The van der Waals surface area contributed by atoms with Crippen LogP contribution in [0, 0.1) is 5.92 Å². The van der Waals surface area contributed by atoms with Crippen molar-refractivity contribution in [1.82, 2.24) is 9.88 Å². The van der Waals surface area contributed by atoms with Crippen LogP contribution in [-0.2, 0) is 9.59 Å². The van der Waals surface area contributed by atoms with E-state index in [9.17, 15) is 9.59 Å². The monoisotopic (exact) mass is 311 g/mol. The number of amides is 2. The SMILES string of the molecule is CCN1C[C@H](C(=O)Nc2ccc(Br)cn2)CC1=O. The van der Waals surface area contributed by atoms with Gasteiger partial charge in [0.25, 0.3) is 0 Å². The number of aromatic nitrogens is 1. The van der Waals surface area contributed by atoms with Crippen LogP contribution in [-0.4, -0.2) is 34.8 Å². The third-order valence-corrected chi connectivity index (χ3v) is 3.41. The molecule has 1 N–H and O–H groups in total. The molecule has 6 heteroatoms. The fourth-order valence-corrected chi connectivity index (χ4v) is 2.17. The van der Waals surface area contributed by atoms with Crippen LogP contribution in [0.5, 0.6) is 0 Å². The van der Waals surface area contributed by atoms with Crippen LogP contribution in [0.25, 0.3) is 0 Å². The molecule has 0 bridgehead atoms. The van der Waals surface area contributed by atoms with E-state index in [1.807, 2.05) is 6.92 Å². The van der Waals surface area contributed by atoms with E-state index in [0.29, 0.717) is 18.9 Å². The molecule has 1 fully saturated rings. The van der Waals surface area contributed by atoms with Crippen LogP contribution in [0.3, 0.4) is 0 Å². The average molecular weight is 312 g/mol. The predicted molar refractivity (Wildman–Crippen MR) is 70.9 cm³/mol. The van der Waals surface area contributed by atoms with Crippen LogP contribution >= 0.6 is 15.9 Å². The quantitative estimate of drug-likeness (QED) is 0.923.